The van der Waals surface area contributed by atoms with Gasteiger partial charge in [-0.05, 0) is 49.5 Å². The number of nitrogens with one attached hydrogen (secondary N) is 1. The lowest BCUT2D eigenvalue weighted by Crippen LogP contribution is -2.52. The number of hydrogen-bond acceptors (Lipinski definition) is 5. The summed E-state index contributed by atoms with van der Waals surface area (Å²) in [5.74, 6) is 1.32. The van der Waals surface area contributed by atoms with Gasteiger partial charge in [-0.2, -0.15) is 0 Å². The molecule has 1 amide bonds. The van der Waals surface area contributed by atoms with E-state index >= 15 is 0 Å². The van der Waals surface area contributed by atoms with Crippen LogP contribution in [0.2, 0.25) is 0 Å². The van der Waals surface area contributed by atoms with E-state index in [9.17, 15) is 4.79 Å². The monoisotopic (exact) mass is 429 g/mol. The zero-order valence-corrected chi connectivity index (χ0v) is 18.0. The van der Waals surface area contributed by atoms with Crippen LogP contribution in [0.3, 0.4) is 0 Å². The lowest BCUT2D eigenvalue weighted by Gasteiger charge is -2.44. The number of piperidine rings is 3. The second kappa shape index (κ2) is 8.10. The van der Waals surface area contributed by atoms with Gasteiger partial charge in [-0.1, -0.05) is 36.4 Å². The summed E-state index contributed by atoms with van der Waals surface area (Å²) in [6.07, 6.45) is 4.51. The minimum absolute atomic E-state index is 0.0121. The van der Waals surface area contributed by atoms with Crippen molar-refractivity contribution in [2.24, 2.45) is 5.92 Å². The highest BCUT2D eigenvalue weighted by atomic mass is 16.6. The van der Waals surface area contributed by atoms with E-state index in [1.807, 2.05) is 12.3 Å². The normalized spacial score (nSPS) is 26.2. The Morgan fingerprint density at radius 3 is 2.81 bits per heavy atom. The van der Waals surface area contributed by atoms with E-state index in [2.05, 4.69) is 57.7 Å². The summed E-state index contributed by atoms with van der Waals surface area (Å²) in [5, 5.41) is 4.21. The van der Waals surface area contributed by atoms with Crippen molar-refractivity contribution in [3.8, 4) is 16.9 Å². The molecule has 32 heavy (non-hydrogen) atoms. The maximum absolute atomic E-state index is 12.7. The standard InChI is InChI=1S/C26H27N3O3/c30-26(32-24-16-29-12-8-17(24)9-13-29)28-22-10-14-31-23-15-19(6-7-21(22)23)20-5-1-3-18-4-2-11-27-25(18)20/h1-7,11,15,17,22,24H,8-10,12-14,16H2,(H,28,30)/t22?,24-/m0/s1. The third-order valence-electron chi connectivity index (χ3n) is 7.14. The summed E-state index contributed by atoms with van der Waals surface area (Å²) in [5.41, 5.74) is 4.11. The molecule has 0 radical (unpaired) electrons. The van der Waals surface area contributed by atoms with E-state index < -0.39 is 0 Å². The topological polar surface area (TPSA) is 63.7 Å². The van der Waals surface area contributed by atoms with Gasteiger partial charge in [-0.3, -0.25) is 9.88 Å². The number of rotatable bonds is 3. The molecular weight excluding hydrogens is 402 g/mol. The van der Waals surface area contributed by atoms with E-state index in [1.165, 1.54) is 0 Å². The Labute approximate surface area is 187 Å². The van der Waals surface area contributed by atoms with Crippen molar-refractivity contribution < 1.29 is 14.3 Å². The number of aromatic nitrogens is 1. The van der Waals surface area contributed by atoms with Crippen LogP contribution >= 0.6 is 0 Å². The van der Waals surface area contributed by atoms with Gasteiger partial charge in [0.15, 0.2) is 0 Å². The van der Waals surface area contributed by atoms with Crippen LogP contribution in [0.1, 0.15) is 30.9 Å². The van der Waals surface area contributed by atoms with E-state index in [-0.39, 0.29) is 18.2 Å². The first kappa shape index (κ1) is 19.6. The van der Waals surface area contributed by atoms with Crippen LogP contribution in [0.5, 0.6) is 5.75 Å². The van der Waals surface area contributed by atoms with Crippen molar-refractivity contribution in [3.05, 3.63) is 60.3 Å². The molecule has 1 aromatic heterocycles. The van der Waals surface area contributed by atoms with Crippen molar-refractivity contribution in [1.82, 2.24) is 15.2 Å². The Bertz CT molecular complexity index is 1150. The fourth-order valence-corrected chi connectivity index (χ4v) is 5.40. The van der Waals surface area contributed by atoms with Gasteiger partial charge in [0.1, 0.15) is 11.9 Å². The summed E-state index contributed by atoms with van der Waals surface area (Å²) >= 11 is 0. The second-order valence-electron chi connectivity index (χ2n) is 9.05. The minimum atomic E-state index is -0.316. The summed E-state index contributed by atoms with van der Waals surface area (Å²) < 4.78 is 11.8. The molecule has 3 saturated heterocycles. The third-order valence-corrected chi connectivity index (χ3v) is 7.14. The molecule has 6 heteroatoms. The Hall–Kier alpha value is -3.12. The molecule has 164 valence electrons. The fraction of sp³-hybridized carbons (Fsp3) is 0.385. The van der Waals surface area contributed by atoms with Gasteiger partial charge in [0.2, 0.25) is 0 Å². The quantitative estimate of drug-likeness (QED) is 0.662. The number of carbonyl (C=O) groups is 1. The van der Waals surface area contributed by atoms with Gasteiger partial charge in [-0.15, -0.1) is 0 Å². The predicted octanol–water partition coefficient (Wildman–Crippen LogP) is 4.55. The molecule has 3 aromatic rings. The first-order valence-electron chi connectivity index (χ1n) is 11.5. The molecule has 0 saturated carbocycles. The van der Waals surface area contributed by atoms with Gasteiger partial charge in [0.05, 0.1) is 18.2 Å². The molecule has 0 aliphatic carbocycles. The lowest BCUT2D eigenvalue weighted by atomic mass is 9.86. The molecule has 7 rings (SSSR count). The Balaban J connectivity index is 1.21. The highest BCUT2D eigenvalue weighted by molar-refractivity contribution is 5.93. The largest absolute Gasteiger partial charge is 0.493 e. The van der Waals surface area contributed by atoms with Crippen LogP contribution in [0.4, 0.5) is 4.79 Å². The van der Waals surface area contributed by atoms with Gasteiger partial charge in [0.25, 0.3) is 0 Å². The molecule has 5 heterocycles. The van der Waals surface area contributed by atoms with E-state index in [4.69, 9.17) is 9.47 Å². The molecule has 6 nitrogen and oxygen atoms in total. The SMILES string of the molecule is O=C(NC1CCOc2cc(-c3cccc4cccnc34)ccc21)O[C@H]1CN2CCC1CC2. The molecule has 1 unspecified atom stereocenters. The average molecular weight is 430 g/mol. The number of para-hydroxylation sites is 1. The van der Waals surface area contributed by atoms with Gasteiger partial charge in [0, 0.05) is 35.7 Å². The van der Waals surface area contributed by atoms with Gasteiger partial charge >= 0.3 is 6.09 Å². The summed E-state index contributed by atoms with van der Waals surface area (Å²) in [6, 6.07) is 16.3. The van der Waals surface area contributed by atoms with Gasteiger partial charge < -0.3 is 14.8 Å². The zero-order chi connectivity index (χ0) is 21.5. The van der Waals surface area contributed by atoms with Crippen LogP contribution in [-0.4, -0.2) is 48.3 Å². The molecule has 0 spiro atoms. The number of amides is 1. The van der Waals surface area contributed by atoms with Crippen LogP contribution < -0.4 is 10.1 Å². The van der Waals surface area contributed by atoms with E-state index in [1.54, 1.807) is 0 Å². The maximum Gasteiger partial charge on any atom is 0.407 e. The number of benzene rings is 2. The van der Waals surface area contributed by atoms with Crippen molar-refractivity contribution in [2.45, 2.75) is 31.4 Å². The van der Waals surface area contributed by atoms with Crippen LogP contribution in [0, 0.1) is 5.92 Å². The van der Waals surface area contributed by atoms with Crippen LogP contribution in [-0.2, 0) is 4.74 Å². The van der Waals surface area contributed by atoms with Crippen molar-refractivity contribution >= 4 is 17.0 Å². The summed E-state index contributed by atoms with van der Waals surface area (Å²) in [4.78, 5) is 19.7. The number of ether oxygens (including phenoxy) is 2. The predicted molar refractivity (Wildman–Crippen MR) is 123 cm³/mol. The zero-order valence-electron chi connectivity index (χ0n) is 18.0. The minimum Gasteiger partial charge on any atom is -0.493 e. The highest BCUT2D eigenvalue weighted by Crippen LogP contribution is 2.37. The Kier molecular flexibility index (Phi) is 4.95. The van der Waals surface area contributed by atoms with Crippen molar-refractivity contribution in [1.29, 1.82) is 0 Å². The summed E-state index contributed by atoms with van der Waals surface area (Å²) in [6.45, 7) is 3.70. The Morgan fingerprint density at radius 2 is 1.97 bits per heavy atom. The lowest BCUT2D eigenvalue weighted by molar-refractivity contribution is -0.0342. The van der Waals surface area contributed by atoms with E-state index in [0.717, 1.165) is 72.2 Å². The molecule has 2 bridgehead atoms. The first-order chi connectivity index (χ1) is 15.7. The average Bonchev–Trinajstić information content (AvgIpc) is 2.84. The molecular formula is C26H27N3O3. The molecule has 4 aliphatic heterocycles. The second-order valence-corrected chi connectivity index (χ2v) is 9.05. The number of pyridine rings is 1. The third kappa shape index (κ3) is 3.58. The first-order valence-corrected chi connectivity index (χ1v) is 11.5. The molecule has 2 aromatic carbocycles. The van der Waals surface area contributed by atoms with E-state index in [0.29, 0.717) is 12.5 Å². The van der Waals surface area contributed by atoms with Crippen LogP contribution in [0.15, 0.2) is 54.7 Å². The molecule has 3 fully saturated rings. The molecule has 1 N–H and O–H groups in total. The van der Waals surface area contributed by atoms with Gasteiger partial charge in [-0.25, -0.2) is 4.79 Å². The summed E-state index contributed by atoms with van der Waals surface area (Å²) in [7, 11) is 0. The number of fused-ring (bicyclic) bond motifs is 5. The highest BCUT2D eigenvalue weighted by Gasteiger charge is 2.37. The number of alkyl carbamates (subject to hydrolysis) is 1. The molecule has 4 aliphatic rings. The Morgan fingerprint density at radius 1 is 1.09 bits per heavy atom. The molecule has 2 atom stereocenters. The number of hydrogen-bond donors (Lipinski definition) is 1. The van der Waals surface area contributed by atoms with Crippen molar-refractivity contribution in [2.75, 3.05) is 26.2 Å². The van der Waals surface area contributed by atoms with Crippen LogP contribution in [0.25, 0.3) is 22.0 Å². The fourth-order valence-electron chi connectivity index (χ4n) is 5.40. The number of nitrogens with zero attached hydrogens (tertiary/aromatic N) is 2. The van der Waals surface area contributed by atoms with Crippen molar-refractivity contribution in [3.63, 3.8) is 0 Å². The smallest absolute Gasteiger partial charge is 0.407 e. The maximum atomic E-state index is 12.7. The number of carbonyl (C=O) groups excluding carboxylic acids is 1.